The van der Waals surface area contributed by atoms with E-state index in [1.165, 1.54) is 0 Å². The van der Waals surface area contributed by atoms with Gasteiger partial charge in [0, 0.05) is 18.3 Å². The summed E-state index contributed by atoms with van der Waals surface area (Å²) in [4.78, 5) is 11.8. The van der Waals surface area contributed by atoms with Gasteiger partial charge >= 0.3 is 0 Å². The lowest BCUT2D eigenvalue weighted by atomic mass is 10.1. The fourth-order valence-corrected chi connectivity index (χ4v) is 1.90. The fourth-order valence-electron chi connectivity index (χ4n) is 1.90. The Labute approximate surface area is 89.9 Å². The molecule has 0 radical (unpaired) electrons. The van der Waals surface area contributed by atoms with Gasteiger partial charge in [-0.2, -0.15) is 0 Å². The Bertz CT molecular complexity index is 416. The average Bonchev–Trinajstić information content (AvgIpc) is 2.88. The van der Waals surface area contributed by atoms with Crippen molar-refractivity contribution in [2.45, 2.75) is 38.8 Å². The number of rotatable bonds is 3. The maximum absolute atomic E-state index is 11.8. The molecule has 0 bridgehead atoms. The first-order chi connectivity index (χ1) is 7.03. The second-order valence-corrected chi connectivity index (χ2v) is 4.91. The Morgan fingerprint density at radius 3 is 2.67 bits per heavy atom. The fraction of sp³-hybridized carbons (Fsp3) is 0.583. The van der Waals surface area contributed by atoms with Crippen LogP contribution in [0.4, 0.5) is 0 Å². The minimum absolute atomic E-state index is 0.0675. The van der Waals surface area contributed by atoms with Crippen LogP contribution in [0.1, 0.15) is 32.4 Å². The number of hydrogen-bond donors (Lipinski definition) is 1. The van der Waals surface area contributed by atoms with Crippen LogP contribution in [-0.2, 0) is 12.1 Å². The third-order valence-corrected chi connectivity index (χ3v) is 2.90. The van der Waals surface area contributed by atoms with Crippen molar-refractivity contribution in [3.05, 3.63) is 34.2 Å². The van der Waals surface area contributed by atoms with E-state index in [1.807, 2.05) is 10.6 Å². The van der Waals surface area contributed by atoms with Crippen molar-refractivity contribution in [1.29, 1.82) is 0 Å². The summed E-state index contributed by atoms with van der Waals surface area (Å²) in [6.45, 7) is 4.98. The van der Waals surface area contributed by atoms with Gasteiger partial charge in [-0.15, -0.1) is 0 Å². The first kappa shape index (κ1) is 10.4. The van der Waals surface area contributed by atoms with Gasteiger partial charge in [0.2, 0.25) is 0 Å². The minimum atomic E-state index is -0.227. The Morgan fingerprint density at radius 2 is 2.13 bits per heavy atom. The predicted octanol–water partition coefficient (Wildman–Crippen LogP) is 1.45. The van der Waals surface area contributed by atoms with Crippen molar-refractivity contribution in [2.75, 3.05) is 0 Å². The molecule has 0 aromatic carbocycles. The first-order valence-electron chi connectivity index (χ1n) is 5.52. The van der Waals surface area contributed by atoms with Crippen LogP contribution in [0.15, 0.2) is 23.0 Å². The summed E-state index contributed by atoms with van der Waals surface area (Å²) in [6, 6.07) is 5.40. The standard InChI is InChI=1S/C12H18N2O/c1-9(2)8-14-10(12(13)6-7-12)4-3-5-11(14)15/h3-5,9H,6-8,13H2,1-2H3. The van der Waals surface area contributed by atoms with E-state index in [2.05, 4.69) is 13.8 Å². The van der Waals surface area contributed by atoms with Crippen molar-refractivity contribution in [3.63, 3.8) is 0 Å². The molecule has 1 aromatic rings. The number of nitrogens with two attached hydrogens (primary N) is 1. The van der Waals surface area contributed by atoms with Crippen molar-refractivity contribution < 1.29 is 0 Å². The van der Waals surface area contributed by atoms with Gasteiger partial charge in [0.05, 0.1) is 5.54 Å². The van der Waals surface area contributed by atoms with Crippen LogP contribution in [0.2, 0.25) is 0 Å². The van der Waals surface area contributed by atoms with E-state index in [9.17, 15) is 4.79 Å². The normalized spacial score (nSPS) is 18.1. The third kappa shape index (κ3) is 1.97. The zero-order chi connectivity index (χ0) is 11.1. The molecular weight excluding hydrogens is 188 g/mol. The SMILES string of the molecule is CC(C)Cn1c(C2(N)CC2)cccc1=O. The van der Waals surface area contributed by atoms with Gasteiger partial charge < -0.3 is 10.3 Å². The van der Waals surface area contributed by atoms with Gasteiger partial charge in [-0.3, -0.25) is 4.79 Å². The summed E-state index contributed by atoms with van der Waals surface area (Å²) in [7, 11) is 0. The molecule has 0 unspecified atom stereocenters. The summed E-state index contributed by atoms with van der Waals surface area (Å²) in [5.74, 6) is 0.464. The summed E-state index contributed by atoms with van der Waals surface area (Å²) in [5, 5.41) is 0. The van der Waals surface area contributed by atoms with E-state index in [0.29, 0.717) is 5.92 Å². The maximum atomic E-state index is 11.8. The second kappa shape index (κ2) is 3.49. The quantitative estimate of drug-likeness (QED) is 0.813. The van der Waals surface area contributed by atoms with E-state index >= 15 is 0 Å². The molecule has 1 aromatic heterocycles. The van der Waals surface area contributed by atoms with Crippen LogP contribution in [0.5, 0.6) is 0 Å². The van der Waals surface area contributed by atoms with Gasteiger partial charge in [-0.05, 0) is 24.8 Å². The van der Waals surface area contributed by atoms with Crippen LogP contribution >= 0.6 is 0 Å². The molecule has 2 N–H and O–H groups in total. The molecule has 3 nitrogen and oxygen atoms in total. The van der Waals surface area contributed by atoms with E-state index in [-0.39, 0.29) is 11.1 Å². The van der Waals surface area contributed by atoms with E-state index in [1.54, 1.807) is 12.1 Å². The van der Waals surface area contributed by atoms with Crippen LogP contribution in [0, 0.1) is 5.92 Å². The molecule has 15 heavy (non-hydrogen) atoms. The lowest BCUT2D eigenvalue weighted by Gasteiger charge is -2.18. The smallest absolute Gasteiger partial charge is 0.250 e. The second-order valence-electron chi connectivity index (χ2n) is 4.91. The molecule has 1 aliphatic carbocycles. The monoisotopic (exact) mass is 206 g/mol. The number of nitrogens with zero attached hydrogens (tertiary/aromatic N) is 1. The highest BCUT2D eigenvalue weighted by molar-refractivity contribution is 5.23. The number of pyridine rings is 1. The molecule has 3 heteroatoms. The molecule has 0 atom stereocenters. The van der Waals surface area contributed by atoms with E-state index in [4.69, 9.17) is 5.73 Å². The van der Waals surface area contributed by atoms with Crippen molar-refractivity contribution >= 4 is 0 Å². The topological polar surface area (TPSA) is 48.0 Å². The van der Waals surface area contributed by atoms with Crippen molar-refractivity contribution in [2.24, 2.45) is 11.7 Å². The van der Waals surface area contributed by atoms with Gasteiger partial charge in [-0.25, -0.2) is 0 Å². The highest BCUT2D eigenvalue weighted by atomic mass is 16.1. The molecule has 0 amide bonds. The Hall–Kier alpha value is -1.09. The zero-order valence-corrected chi connectivity index (χ0v) is 9.36. The first-order valence-corrected chi connectivity index (χ1v) is 5.52. The van der Waals surface area contributed by atoms with E-state index < -0.39 is 0 Å². The summed E-state index contributed by atoms with van der Waals surface area (Å²) in [5.41, 5.74) is 7.00. The molecule has 0 spiro atoms. The number of hydrogen-bond acceptors (Lipinski definition) is 2. The summed E-state index contributed by atoms with van der Waals surface area (Å²) < 4.78 is 1.83. The van der Waals surface area contributed by atoms with Crippen molar-refractivity contribution in [1.82, 2.24) is 4.57 Å². The molecular formula is C12H18N2O. The van der Waals surface area contributed by atoms with Crippen LogP contribution in [-0.4, -0.2) is 4.57 Å². The molecule has 82 valence electrons. The molecule has 2 rings (SSSR count). The van der Waals surface area contributed by atoms with Gasteiger partial charge in [0.1, 0.15) is 0 Å². The number of aromatic nitrogens is 1. The van der Waals surface area contributed by atoms with Gasteiger partial charge in [0.25, 0.3) is 5.56 Å². The molecule has 1 fully saturated rings. The average molecular weight is 206 g/mol. The maximum Gasteiger partial charge on any atom is 0.250 e. The molecule has 0 aliphatic heterocycles. The summed E-state index contributed by atoms with van der Waals surface area (Å²) in [6.07, 6.45) is 1.99. The molecule has 1 heterocycles. The Balaban J connectivity index is 2.45. The van der Waals surface area contributed by atoms with Crippen molar-refractivity contribution in [3.8, 4) is 0 Å². The highest BCUT2D eigenvalue weighted by Crippen LogP contribution is 2.42. The zero-order valence-electron chi connectivity index (χ0n) is 9.36. The third-order valence-electron chi connectivity index (χ3n) is 2.90. The molecule has 1 aliphatic rings. The largest absolute Gasteiger partial charge is 0.320 e. The highest BCUT2D eigenvalue weighted by Gasteiger charge is 2.42. The van der Waals surface area contributed by atoms with Crippen LogP contribution in [0.25, 0.3) is 0 Å². The summed E-state index contributed by atoms with van der Waals surface area (Å²) >= 11 is 0. The minimum Gasteiger partial charge on any atom is -0.320 e. The van der Waals surface area contributed by atoms with E-state index in [0.717, 1.165) is 25.1 Å². The molecule has 0 saturated heterocycles. The lowest BCUT2D eigenvalue weighted by molar-refractivity contribution is 0.475. The Kier molecular flexibility index (Phi) is 2.43. The lowest BCUT2D eigenvalue weighted by Crippen LogP contribution is -2.32. The van der Waals surface area contributed by atoms with Gasteiger partial charge in [-0.1, -0.05) is 19.9 Å². The van der Waals surface area contributed by atoms with Crippen LogP contribution in [0.3, 0.4) is 0 Å². The Morgan fingerprint density at radius 1 is 1.47 bits per heavy atom. The van der Waals surface area contributed by atoms with Gasteiger partial charge in [0.15, 0.2) is 0 Å². The molecule has 1 saturated carbocycles. The van der Waals surface area contributed by atoms with Crippen LogP contribution < -0.4 is 11.3 Å². The predicted molar refractivity (Wildman–Crippen MR) is 60.6 cm³/mol.